The van der Waals surface area contributed by atoms with E-state index in [1.807, 2.05) is 13.8 Å². The fourth-order valence-electron chi connectivity index (χ4n) is 0.589. The second kappa shape index (κ2) is 3.56. The maximum absolute atomic E-state index is 10.2. The van der Waals surface area contributed by atoms with Gasteiger partial charge in [-0.1, -0.05) is 20.8 Å². The summed E-state index contributed by atoms with van der Waals surface area (Å²) in [7, 11) is 0. The van der Waals surface area contributed by atoms with E-state index in [0.717, 1.165) is 0 Å². The Bertz CT molecular complexity index is 120. The summed E-state index contributed by atoms with van der Waals surface area (Å²) >= 11 is 0. The monoisotopic (exact) mass is 146 g/mol. The Balaban J connectivity index is 3.94. The second-order valence-corrected chi connectivity index (χ2v) is 2.89. The van der Waals surface area contributed by atoms with Crippen LogP contribution in [-0.2, 0) is 4.79 Å². The minimum Gasteiger partial charge on any atom is -0.479 e. The van der Waals surface area contributed by atoms with E-state index in [0.29, 0.717) is 0 Å². The Labute approximate surface area is 60.7 Å². The third kappa shape index (κ3) is 2.35. The van der Waals surface area contributed by atoms with Gasteiger partial charge in [0.15, 0.2) is 6.10 Å². The van der Waals surface area contributed by atoms with E-state index in [2.05, 4.69) is 0 Å². The average molecular weight is 146 g/mol. The van der Waals surface area contributed by atoms with Crippen LogP contribution in [0.25, 0.3) is 0 Å². The van der Waals surface area contributed by atoms with Crippen molar-refractivity contribution in [2.24, 2.45) is 11.8 Å². The van der Waals surface area contributed by atoms with Gasteiger partial charge < -0.3 is 10.2 Å². The van der Waals surface area contributed by atoms with E-state index in [4.69, 9.17) is 10.2 Å². The van der Waals surface area contributed by atoms with Crippen molar-refractivity contribution in [1.29, 1.82) is 0 Å². The summed E-state index contributed by atoms with van der Waals surface area (Å²) in [5, 5.41) is 17.3. The molecule has 0 bridgehead atoms. The van der Waals surface area contributed by atoms with E-state index in [9.17, 15) is 4.79 Å². The van der Waals surface area contributed by atoms with Crippen LogP contribution in [0.1, 0.15) is 20.8 Å². The first-order valence-electron chi connectivity index (χ1n) is 3.37. The van der Waals surface area contributed by atoms with Gasteiger partial charge in [-0.2, -0.15) is 0 Å². The third-order valence-corrected chi connectivity index (χ3v) is 1.80. The lowest BCUT2D eigenvalue weighted by atomic mass is 9.92. The van der Waals surface area contributed by atoms with Crippen LogP contribution >= 0.6 is 0 Å². The molecule has 60 valence electrons. The molecule has 2 atom stereocenters. The number of aliphatic hydroxyl groups is 1. The molecule has 3 heteroatoms. The van der Waals surface area contributed by atoms with Crippen LogP contribution < -0.4 is 0 Å². The van der Waals surface area contributed by atoms with Gasteiger partial charge in [-0.05, 0) is 11.8 Å². The van der Waals surface area contributed by atoms with Gasteiger partial charge in [-0.25, -0.2) is 4.79 Å². The number of aliphatic carboxylic acids is 1. The quantitative estimate of drug-likeness (QED) is 0.617. The molecule has 0 rings (SSSR count). The lowest BCUT2D eigenvalue weighted by Gasteiger charge is -2.17. The summed E-state index contributed by atoms with van der Waals surface area (Å²) < 4.78 is 0. The van der Waals surface area contributed by atoms with E-state index in [-0.39, 0.29) is 11.8 Å². The molecular weight excluding hydrogens is 132 g/mol. The Morgan fingerprint density at radius 2 is 1.70 bits per heavy atom. The predicted octanol–water partition coefficient (Wildman–Crippen LogP) is 0.724. The smallest absolute Gasteiger partial charge is 0.332 e. The molecule has 0 saturated heterocycles. The second-order valence-electron chi connectivity index (χ2n) is 2.89. The average Bonchev–Trinajstić information content (AvgIpc) is 1.84. The molecule has 0 fully saturated rings. The molecule has 0 saturated carbocycles. The highest BCUT2D eigenvalue weighted by Gasteiger charge is 2.23. The molecule has 0 amide bonds. The number of carboxylic acid groups (broad SMARTS) is 1. The molecule has 10 heavy (non-hydrogen) atoms. The van der Waals surface area contributed by atoms with Crippen molar-refractivity contribution in [3.8, 4) is 0 Å². The molecule has 0 aliphatic rings. The molecule has 0 unspecified atom stereocenters. The van der Waals surface area contributed by atoms with Crippen LogP contribution in [0.3, 0.4) is 0 Å². The minimum atomic E-state index is -1.22. The van der Waals surface area contributed by atoms with Crippen LogP contribution in [0.2, 0.25) is 0 Å². The summed E-state index contributed by atoms with van der Waals surface area (Å²) in [5.74, 6) is -1.12. The van der Waals surface area contributed by atoms with Crippen LogP contribution in [0.5, 0.6) is 0 Å². The van der Waals surface area contributed by atoms with E-state index in [1.165, 1.54) is 0 Å². The molecule has 0 spiro atoms. The number of hydrogen-bond donors (Lipinski definition) is 2. The first kappa shape index (κ1) is 9.43. The van der Waals surface area contributed by atoms with Crippen molar-refractivity contribution in [3.05, 3.63) is 0 Å². The van der Waals surface area contributed by atoms with Crippen LogP contribution in [0.15, 0.2) is 0 Å². The number of hydrogen-bond acceptors (Lipinski definition) is 2. The van der Waals surface area contributed by atoms with E-state index >= 15 is 0 Å². The summed E-state index contributed by atoms with van der Waals surface area (Å²) in [6, 6.07) is 0. The molecule has 3 nitrogen and oxygen atoms in total. The topological polar surface area (TPSA) is 57.5 Å². The summed E-state index contributed by atoms with van der Waals surface area (Å²) in [6.45, 7) is 5.50. The molecular formula is C7H14O3. The third-order valence-electron chi connectivity index (χ3n) is 1.80. The molecule has 0 aromatic rings. The van der Waals surface area contributed by atoms with Crippen molar-refractivity contribution in [2.75, 3.05) is 0 Å². The zero-order chi connectivity index (χ0) is 8.31. The lowest BCUT2D eigenvalue weighted by Crippen LogP contribution is -2.30. The maximum atomic E-state index is 10.2. The SMILES string of the molecule is CC(C)[C@H](C)[C@@H](O)C(=O)O. The van der Waals surface area contributed by atoms with Crippen molar-refractivity contribution in [3.63, 3.8) is 0 Å². The maximum Gasteiger partial charge on any atom is 0.332 e. The summed E-state index contributed by atoms with van der Waals surface area (Å²) in [4.78, 5) is 10.2. The highest BCUT2D eigenvalue weighted by molar-refractivity contribution is 5.72. The molecule has 0 heterocycles. The highest BCUT2D eigenvalue weighted by Crippen LogP contribution is 2.13. The Hall–Kier alpha value is -0.570. The predicted molar refractivity (Wildman–Crippen MR) is 37.6 cm³/mol. The van der Waals surface area contributed by atoms with Gasteiger partial charge in [-0.3, -0.25) is 0 Å². The van der Waals surface area contributed by atoms with Crippen molar-refractivity contribution in [1.82, 2.24) is 0 Å². The van der Waals surface area contributed by atoms with Gasteiger partial charge in [0.25, 0.3) is 0 Å². The highest BCUT2D eigenvalue weighted by atomic mass is 16.4. The van der Waals surface area contributed by atoms with Gasteiger partial charge in [0, 0.05) is 0 Å². The Morgan fingerprint density at radius 3 is 1.80 bits per heavy atom. The molecule has 2 N–H and O–H groups in total. The number of aliphatic hydroxyl groups excluding tert-OH is 1. The van der Waals surface area contributed by atoms with Crippen molar-refractivity contribution in [2.45, 2.75) is 26.9 Å². The summed E-state index contributed by atoms with van der Waals surface area (Å²) in [6.07, 6.45) is -1.22. The standard InChI is InChI=1S/C7H14O3/c1-4(2)5(3)6(8)7(9)10/h4-6,8H,1-3H3,(H,9,10)/t5-,6+/m0/s1. The number of rotatable bonds is 3. The van der Waals surface area contributed by atoms with Gasteiger partial charge in [0.2, 0.25) is 0 Å². The zero-order valence-electron chi connectivity index (χ0n) is 6.53. The van der Waals surface area contributed by atoms with Crippen LogP contribution in [0, 0.1) is 11.8 Å². The van der Waals surface area contributed by atoms with E-state index < -0.39 is 12.1 Å². The fourth-order valence-corrected chi connectivity index (χ4v) is 0.589. The van der Waals surface area contributed by atoms with Crippen molar-refractivity contribution < 1.29 is 15.0 Å². The fraction of sp³-hybridized carbons (Fsp3) is 0.857. The largest absolute Gasteiger partial charge is 0.479 e. The van der Waals surface area contributed by atoms with Crippen LogP contribution in [0.4, 0.5) is 0 Å². The number of carbonyl (C=O) groups is 1. The zero-order valence-corrected chi connectivity index (χ0v) is 6.53. The number of carboxylic acids is 1. The summed E-state index contributed by atoms with van der Waals surface area (Å²) in [5.41, 5.74) is 0. The minimum absolute atomic E-state index is 0.183. The van der Waals surface area contributed by atoms with Gasteiger partial charge in [-0.15, -0.1) is 0 Å². The first-order valence-corrected chi connectivity index (χ1v) is 3.37. The Morgan fingerprint density at radius 1 is 1.30 bits per heavy atom. The van der Waals surface area contributed by atoms with Crippen molar-refractivity contribution >= 4 is 5.97 Å². The van der Waals surface area contributed by atoms with Gasteiger partial charge in [0.05, 0.1) is 0 Å². The molecule has 0 radical (unpaired) electrons. The first-order chi connectivity index (χ1) is 4.46. The van der Waals surface area contributed by atoms with Gasteiger partial charge >= 0.3 is 5.97 Å². The lowest BCUT2D eigenvalue weighted by molar-refractivity contribution is -0.150. The van der Waals surface area contributed by atoms with Crippen LogP contribution in [-0.4, -0.2) is 22.3 Å². The molecule has 0 aliphatic carbocycles. The van der Waals surface area contributed by atoms with Gasteiger partial charge in [0.1, 0.15) is 0 Å². The molecule has 0 aliphatic heterocycles. The normalized spacial score (nSPS) is 16.9. The van der Waals surface area contributed by atoms with E-state index in [1.54, 1.807) is 6.92 Å². The Kier molecular flexibility index (Phi) is 3.36. The molecule has 0 aromatic heterocycles. The molecule has 0 aromatic carbocycles.